The van der Waals surface area contributed by atoms with Crippen molar-refractivity contribution in [3.63, 3.8) is 0 Å². The monoisotopic (exact) mass is 355 g/mol. The van der Waals surface area contributed by atoms with Crippen molar-refractivity contribution in [2.45, 2.75) is 19.1 Å². The molecule has 1 aliphatic rings. The van der Waals surface area contributed by atoms with Crippen LogP contribution in [0.5, 0.6) is 5.75 Å². The zero-order valence-electron chi connectivity index (χ0n) is 14.6. The first-order chi connectivity index (χ1) is 12.5. The molecule has 2 aromatic carbocycles. The largest absolute Gasteiger partial charge is 0.482 e. The van der Waals surface area contributed by atoms with Crippen molar-refractivity contribution >= 4 is 11.9 Å². The van der Waals surface area contributed by atoms with Crippen molar-refractivity contribution in [1.82, 2.24) is 4.90 Å². The number of carbonyl (C=O) groups excluding carboxylic acids is 1. The highest BCUT2D eigenvalue weighted by Gasteiger charge is 2.29. The Hall–Kier alpha value is -2.86. The lowest BCUT2D eigenvalue weighted by atomic mass is 9.97. The van der Waals surface area contributed by atoms with Gasteiger partial charge in [0.05, 0.1) is 6.61 Å². The Morgan fingerprint density at radius 2 is 1.92 bits per heavy atom. The molecule has 3 rings (SSSR count). The lowest BCUT2D eigenvalue weighted by molar-refractivity contribution is -0.144. The van der Waals surface area contributed by atoms with Crippen LogP contribution >= 0.6 is 0 Å². The van der Waals surface area contributed by atoms with Crippen LogP contribution in [0.4, 0.5) is 0 Å². The average Bonchev–Trinajstić information content (AvgIpc) is 2.66. The minimum absolute atomic E-state index is 0.0802. The van der Waals surface area contributed by atoms with Crippen LogP contribution < -0.4 is 4.74 Å². The van der Waals surface area contributed by atoms with Gasteiger partial charge < -0.3 is 19.5 Å². The van der Waals surface area contributed by atoms with Gasteiger partial charge in [-0.15, -0.1) is 0 Å². The smallest absolute Gasteiger partial charge is 0.341 e. The molecular weight excluding hydrogens is 334 g/mol. The maximum absolute atomic E-state index is 12.8. The van der Waals surface area contributed by atoms with E-state index in [1.54, 1.807) is 24.1 Å². The van der Waals surface area contributed by atoms with Gasteiger partial charge in [0.15, 0.2) is 12.7 Å². The minimum Gasteiger partial charge on any atom is -0.482 e. The standard InChI is InChI=1S/C20H21NO5/c1-21(12-14-6-8-16(9-7-14)26-13-18(22)23)20(24)19-17-5-3-2-4-15(17)10-11-25-19/h2-9,19H,10-13H2,1H3,(H,22,23). The van der Waals surface area contributed by atoms with Crippen LogP contribution in [0.2, 0.25) is 0 Å². The fraction of sp³-hybridized carbons (Fsp3) is 0.300. The van der Waals surface area contributed by atoms with Gasteiger partial charge in [-0.05, 0) is 35.2 Å². The number of rotatable bonds is 6. The summed E-state index contributed by atoms with van der Waals surface area (Å²) >= 11 is 0. The molecule has 136 valence electrons. The molecule has 0 fully saturated rings. The molecule has 6 nitrogen and oxygen atoms in total. The Balaban J connectivity index is 1.64. The van der Waals surface area contributed by atoms with E-state index in [1.807, 2.05) is 36.4 Å². The number of hydrogen-bond acceptors (Lipinski definition) is 4. The van der Waals surface area contributed by atoms with Gasteiger partial charge in [0, 0.05) is 13.6 Å². The molecule has 0 radical (unpaired) electrons. The van der Waals surface area contributed by atoms with Crippen molar-refractivity contribution in [2.24, 2.45) is 0 Å². The third-order valence-electron chi connectivity index (χ3n) is 4.30. The van der Waals surface area contributed by atoms with Gasteiger partial charge in [-0.3, -0.25) is 4.79 Å². The molecular formula is C20H21NO5. The fourth-order valence-electron chi connectivity index (χ4n) is 2.99. The van der Waals surface area contributed by atoms with Crippen LogP contribution in [0, 0.1) is 0 Å². The maximum Gasteiger partial charge on any atom is 0.341 e. The average molecular weight is 355 g/mol. The number of ether oxygens (including phenoxy) is 2. The Bertz CT molecular complexity index is 787. The molecule has 1 atom stereocenters. The summed E-state index contributed by atoms with van der Waals surface area (Å²) in [6, 6.07) is 14.9. The number of amides is 1. The molecule has 6 heteroatoms. The molecule has 0 saturated carbocycles. The normalized spacial score (nSPS) is 15.8. The van der Waals surface area contributed by atoms with Gasteiger partial charge in [-0.25, -0.2) is 4.79 Å². The zero-order chi connectivity index (χ0) is 18.5. The Kier molecular flexibility index (Phi) is 5.53. The molecule has 1 aliphatic heterocycles. The number of carbonyl (C=O) groups is 2. The predicted octanol–water partition coefficient (Wildman–Crippen LogP) is 2.42. The maximum atomic E-state index is 12.8. The van der Waals surface area contributed by atoms with Crippen molar-refractivity contribution in [3.05, 3.63) is 65.2 Å². The predicted molar refractivity (Wildman–Crippen MR) is 94.9 cm³/mol. The topological polar surface area (TPSA) is 76.1 Å². The van der Waals surface area contributed by atoms with Crippen LogP contribution in [0.1, 0.15) is 22.8 Å². The van der Waals surface area contributed by atoms with Gasteiger partial charge in [-0.1, -0.05) is 36.4 Å². The summed E-state index contributed by atoms with van der Waals surface area (Å²) < 4.78 is 10.8. The lowest BCUT2D eigenvalue weighted by Crippen LogP contribution is -2.35. The van der Waals surface area contributed by atoms with Gasteiger partial charge in [0.2, 0.25) is 0 Å². The van der Waals surface area contributed by atoms with Gasteiger partial charge in [0.25, 0.3) is 5.91 Å². The molecule has 1 heterocycles. The van der Waals surface area contributed by atoms with E-state index >= 15 is 0 Å². The number of nitrogens with zero attached hydrogens (tertiary/aromatic N) is 1. The number of fused-ring (bicyclic) bond motifs is 1. The second-order valence-electron chi connectivity index (χ2n) is 6.22. The van der Waals surface area contributed by atoms with Crippen LogP contribution in [0.3, 0.4) is 0 Å². The molecule has 26 heavy (non-hydrogen) atoms. The number of carboxylic acids is 1. The van der Waals surface area contributed by atoms with Crippen molar-refractivity contribution in [1.29, 1.82) is 0 Å². The van der Waals surface area contributed by atoms with E-state index in [9.17, 15) is 9.59 Å². The molecule has 1 amide bonds. The van der Waals surface area contributed by atoms with Crippen molar-refractivity contribution < 1.29 is 24.2 Å². The molecule has 0 aliphatic carbocycles. The summed E-state index contributed by atoms with van der Waals surface area (Å²) in [5, 5.41) is 8.62. The van der Waals surface area contributed by atoms with Gasteiger partial charge >= 0.3 is 5.97 Å². The fourth-order valence-corrected chi connectivity index (χ4v) is 2.99. The van der Waals surface area contributed by atoms with Gasteiger partial charge in [0.1, 0.15) is 5.75 Å². The van der Waals surface area contributed by atoms with Crippen molar-refractivity contribution in [2.75, 3.05) is 20.3 Å². The highest BCUT2D eigenvalue weighted by molar-refractivity contribution is 5.82. The van der Waals surface area contributed by atoms with E-state index in [0.29, 0.717) is 18.9 Å². The SMILES string of the molecule is CN(Cc1ccc(OCC(=O)O)cc1)C(=O)C1OCCc2ccccc21. The van der Waals surface area contributed by atoms with E-state index in [1.165, 1.54) is 0 Å². The first-order valence-corrected chi connectivity index (χ1v) is 8.42. The third kappa shape index (κ3) is 4.21. The molecule has 0 saturated heterocycles. The quantitative estimate of drug-likeness (QED) is 0.861. The summed E-state index contributed by atoms with van der Waals surface area (Å²) in [5.74, 6) is -0.620. The Morgan fingerprint density at radius 1 is 1.19 bits per heavy atom. The summed E-state index contributed by atoms with van der Waals surface area (Å²) in [6.07, 6.45) is 0.254. The van der Waals surface area contributed by atoms with Crippen LogP contribution in [-0.2, 0) is 27.3 Å². The highest BCUT2D eigenvalue weighted by atomic mass is 16.5. The first kappa shape index (κ1) is 17.9. The molecule has 2 aromatic rings. The van der Waals surface area contributed by atoms with E-state index in [4.69, 9.17) is 14.6 Å². The third-order valence-corrected chi connectivity index (χ3v) is 4.30. The Morgan fingerprint density at radius 3 is 2.65 bits per heavy atom. The van der Waals surface area contributed by atoms with E-state index in [0.717, 1.165) is 23.1 Å². The van der Waals surface area contributed by atoms with E-state index in [2.05, 4.69) is 0 Å². The summed E-state index contributed by atoms with van der Waals surface area (Å²) in [6.45, 7) is 0.590. The molecule has 1 N–H and O–H groups in total. The summed E-state index contributed by atoms with van der Waals surface area (Å²) in [7, 11) is 1.75. The van der Waals surface area contributed by atoms with E-state index < -0.39 is 12.1 Å². The molecule has 0 aromatic heterocycles. The van der Waals surface area contributed by atoms with Gasteiger partial charge in [-0.2, -0.15) is 0 Å². The first-order valence-electron chi connectivity index (χ1n) is 8.42. The highest BCUT2D eigenvalue weighted by Crippen LogP contribution is 2.28. The van der Waals surface area contributed by atoms with E-state index in [-0.39, 0.29) is 12.5 Å². The molecule has 0 spiro atoms. The minimum atomic E-state index is -1.02. The second kappa shape index (κ2) is 8.01. The summed E-state index contributed by atoms with van der Waals surface area (Å²) in [4.78, 5) is 25.0. The zero-order valence-corrected chi connectivity index (χ0v) is 14.6. The second-order valence-corrected chi connectivity index (χ2v) is 6.22. The number of likely N-dealkylation sites (N-methyl/N-ethyl adjacent to an activating group) is 1. The number of benzene rings is 2. The molecule has 1 unspecified atom stereocenters. The Labute approximate surface area is 152 Å². The number of carboxylic acid groups (broad SMARTS) is 1. The summed E-state index contributed by atoms with van der Waals surface area (Å²) in [5.41, 5.74) is 3.02. The number of hydrogen-bond donors (Lipinski definition) is 1. The van der Waals surface area contributed by atoms with Crippen LogP contribution in [0.15, 0.2) is 48.5 Å². The van der Waals surface area contributed by atoms with Crippen molar-refractivity contribution in [3.8, 4) is 5.75 Å². The lowest BCUT2D eigenvalue weighted by Gasteiger charge is -2.29. The van der Waals surface area contributed by atoms with Crippen LogP contribution in [0.25, 0.3) is 0 Å². The molecule has 0 bridgehead atoms. The number of aliphatic carboxylic acids is 1. The van der Waals surface area contributed by atoms with Crippen LogP contribution in [-0.4, -0.2) is 42.1 Å².